The number of rotatable bonds is 11. The summed E-state index contributed by atoms with van der Waals surface area (Å²) >= 11 is 7.31. The molecule has 0 radical (unpaired) electrons. The fraction of sp³-hybridized carbons (Fsp3) is 0.320. The van der Waals surface area contributed by atoms with Gasteiger partial charge in [-0.05, 0) is 86.6 Å². The number of halogens is 1. The minimum atomic E-state index is -3.66. The van der Waals surface area contributed by atoms with Gasteiger partial charge in [0.05, 0.1) is 4.90 Å². The first-order chi connectivity index (χ1) is 15.7. The Balaban J connectivity index is 1.74. The smallest absolute Gasteiger partial charge is 0.345 e. The van der Waals surface area contributed by atoms with E-state index in [1.165, 1.54) is 11.3 Å². The van der Waals surface area contributed by atoms with E-state index in [1.807, 2.05) is 50.2 Å². The van der Waals surface area contributed by atoms with E-state index in [1.54, 1.807) is 22.5 Å². The quantitative estimate of drug-likeness (QED) is 0.348. The minimum absolute atomic E-state index is 0.298. The van der Waals surface area contributed by atoms with Crippen molar-refractivity contribution in [2.75, 3.05) is 13.1 Å². The summed E-state index contributed by atoms with van der Waals surface area (Å²) in [5.41, 5.74) is 2.70. The van der Waals surface area contributed by atoms with E-state index in [0.717, 1.165) is 28.0 Å². The van der Waals surface area contributed by atoms with Crippen LogP contribution in [-0.4, -0.2) is 36.9 Å². The number of carboxylic acid groups (broad SMARTS) is 1. The van der Waals surface area contributed by atoms with Crippen LogP contribution in [0.15, 0.2) is 59.5 Å². The van der Waals surface area contributed by atoms with Gasteiger partial charge in [-0.25, -0.2) is 13.2 Å². The zero-order valence-electron chi connectivity index (χ0n) is 18.8. The summed E-state index contributed by atoms with van der Waals surface area (Å²) < 4.78 is 28.7. The van der Waals surface area contributed by atoms with Crippen LogP contribution in [0.5, 0.6) is 0 Å². The highest BCUT2D eigenvalue weighted by Gasteiger charge is 2.25. The number of hydrogen-bond donors (Lipinski definition) is 1. The summed E-state index contributed by atoms with van der Waals surface area (Å²) in [5, 5.41) is 9.79. The SMILES string of the molecule is Cc1ccc(C)c(S(=O)(=O)N(CCCc2cccc(Cl)c2)CCCc2ccc(C(=O)O)s2)c1. The number of nitrogens with zero attached hydrogens (tertiary/aromatic N) is 1. The molecule has 0 atom stereocenters. The van der Waals surface area contributed by atoms with Crippen molar-refractivity contribution in [2.45, 2.75) is 44.4 Å². The van der Waals surface area contributed by atoms with E-state index < -0.39 is 16.0 Å². The Morgan fingerprint density at radius 3 is 2.39 bits per heavy atom. The Hall–Kier alpha value is -2.19. The van der Waals surface area contributed by atoms with Crippen molar-refractivity contribution < 1.29 is 18.3 Å². The molecule has 0 aliphatic carbocycles. The molecule has 3 rings (SSSR count). The van der Waals surface area contributed by atoms with Crippen molar-refractivity contribution in [3.63, 3.8) is 0 Å². The Labute approximate surface area is 204 Å². The van der Waals surface area contributed by atoms with Crippen molar-refractivity contribution in [2.24, 2.45) is 0 Å². The molecule has 1 heterocycles. The monoisotopic (exact) mass is 505 g/mol. The average molecular weight is 506 g/mol. The molecule has 0 fully saturated rings. The maximum atomic E-state index is 13.6. The van der Waals surface area contributed by atoms with Gasteiger partial charge >= 0.3 is 5.97 Å². The second kappa shape index (κ2) is 11.3. The van der Waals surface area contributed by atoms with Crippen molar-refractivity contribution in [1.82, 2.24) is 4.31 Å². The summed E-state index contributed by atoms with van der Waals surface area (Å²) in [6.07, 6.45) is 2.64. The molecule has 0 bridgehead atoms. The molecule has 0 saturated carbocycles. The molecule has 1 N–H and O–H groups in total. The third kappa shape index (κ3) is 6.90. The van der Waals surface area contributed by atoms with E-state index in [9.17, 15) is 13.2 Å². The van der Waals surface area contributed by atoms with Crippen molar-refractivity contribution in [3.8, 4) is 0 Å². The largest absolute Gasteiger partial charge is 0.477 e. The number of carbonyl (C=O) groups is 1. The molecule has 0 aliphatic rings. The van der Waals surface area contributed by atoms with Gasteiger partial charge in [0, 0.05) is 23.0 Å². The lowest BCUT2D eigenvalue weighted by Gasteiger charge is -2.23. The van der Waals surface area contributed by atoms with Gasteiger partial charge in [-0.15, -0.1) is 11.3 Å². The molecule has 1 aromatic heterocycles. The van der Waals surface area contributed by atoms with Gasteiger partial charge in [0.25, 0.3) is 0 Å². The topological polar surface area (TPSA) is 74.7 Å². The van der Waals surface area contributed by atoms with Crippen molar-refractivity contribution in [1.29, 1.82) is 0 Å². The van der Waals surface area contributed by atoms with Crippen LogP contribution in [0.3, 0.4) is 0 Å². The summed E-state index contributed by atoms with van der Waals surface area (Å²) in [5.74, 6) is -0.939. The van der Waals surface area contributed by atoms with Crippen molar-refractivity contribution >= 4 is 38.9 Å². The van der Waals surface area contributed by atoms with Gasteiger partial charge in [0.1, 0.15) is 4.88 Å². The Kier molecular flexibility index (Phi) is 8.70. The van der Waals surface area contributed by atoms with Crippen LogP contribution in [0.1, 0.15) is 44.1 Å². The molecule has 0 saturated heterocycles. The second-order valence-corrected chi connectivity index (χ2v) is 11.6. The predicted octanol–water partition coefficient (Wildman–Crippen LogP) is 5.97. The zero-order chi connectivity index (χ0) is 24.0. The van der Waals surface area contributed by atoms with Gasteiger partial charge in [-0.3, -0.25) is 0 Å². The summed E-state index contributed by atoms with van der Waals surface area (Å²) in [4.78, 5) is 12.7. The standard InChI is InChI=1S/C25H28ClNO4S2/c1-18-10-11-19(2)24(16-18)33(30,31)27(14-4-7-20-6-3-8-21(26)17-20)15-5-9-22-12-13-23(32-22)25(28)29/h3,6,8,10-13,16-17H,4-5,7,9,14-15H2,1-2H3,(H,28,29). The molecule has 5 nitrogen and oxygen atoms in total. The average Bonchev–Trinajstić information content (AvgIpc) is 3.23. The normalized spacial score (nSPS) is 11.8. The van der Waals surface area contributed by atoms with Crippen LogP contribution in [0.25, 0.3) is 0 Å². The molecule has 2 aromatic carbocycles. The molecule has 176 valence electrons. The Morgan fingerprint density at radius 1 is 1.00 bits per heavy atom. The highest BCUT2D eigenvalue weighted by atomic mass is 35.5. The van der Waals surface area contributed by atoms with Crippen LogP contribution in [0, 0.1) is 13.8 Å². The molecule has 0 aliphatic heterocycles. The van der Waals surface area contributed by atoms with Crippen LogP contribution < -0.4 is 0 Å². The number of benzene rings is 2. The van der Waals surface area contributed by atoms with E-state index in [2.05, 4.69) is 0 Å². The highest BCUT2D eigenvalue weighted by Crippen LogP contribution is 2.24. The molecule has 8 heteroatoms. The van der Waals surface area contributed by atoms with Gasteiger partial charge in [0.2, 0.25) is 10.0 Å². The molecule has 3 aromatic rings. The number of aryl methyl sites for hydroxylation is 4. The van der Waals surface area contributed by atoms with Gasteiger partial charge in [-0.1, -0.05) is 35.9 Å². The number of sulfonamides is 1. The van der Waals surface area contributed by atoms with Gasteiger partial charge < -0.3 is 5.11 Å². The molecule has 33 heavy (non-hydrogen) atoms. The first kappa shape index (κ1) is 25.4. The molecule has 0 amide bonds. The molecule has 0 spiro atoms. The van der Waals surface area contributed by atoms with Crippen LogP contribution in [-0.2, 0) is 22.9 Å². The fourth-order valence-corrected chi connectivity index (χ4v) is 6.61. The number of thiophene rings is 1. The summed E-state index contributed by atoms with van der Waals surface area (Å²) in [7, 11) is -3.66. The maximum Gasteiger partial charge on any atom is 0.345 e. The van der Waals surface area contributed by atoms with E-state index in [0.29, 0.717) is 47.1 Å². The lowest BCUT2D eigenvalue weighted by Crippen LogP contribution is -2.34. The Morgan fingerprint density at radius 2 is 1.73 bits per heavy atom. The first-order valence-electron chi connectivity index (χ1n) is 10.8. The summed E-state index contributed by atoms with van der Waals surface area (Å²) in [6, 6.07) is 16.5. The Bertz CT molecular complexity index is 1220. The fourth-order valence-electron chi connectivity index (χ4n) is 3.69. The number of hydrogen-bond acceptors (Lipinski definition) is 4. The van der Waals surface area contributed by atoms with Crippen molar-refractivity contribution in [3.05, 3.63) is 86.1 Å². The lowest BCUT2D eigenvalue weighted by atomic mass is 10.1. The van der Waals surface area contributed by atoms with Crippen LogP contribution >= 0.6 is 22.9 Å². The number of carboxylic acids is 1. The predicted molar refractivity (Wildman–Crippen MR) is 134 cm³/mol. The minimum Gasteiger partial charge on any atom is -0.477 e. The second-order valence-electron chi connectivity index (χ2n) is 8.08. The van der Waals surface area contributed by atoms with E-state index in [-0.39, 0.29) is 0 Å². The van der Waals surface area contributed by atoms with Gasteiger partial charge in [-0.2, -0.15) is 4.31 Å². The first-order valence-corrected chi connectivity index (χ1v) is 13.4. The molecular formula is C25H28ClNO4S2. The highest BCUT2D eigenvalue weighted by molar-refractivity contribution is 7.89. The van der Waals surface area contributed by atoms with E-state index >= 15 is 0 Å². The molecular weight excluding hydrogens is 478 g/mol. The maximum absolute atomic E-state index is 13.6. The van der Waals surface area contributed by atoms with Crippen LogP contribution in [0.4, 0.5) is 0 Å². The van der Waals surface area contributed by atoms with E-state index in [4.69, 9.17) is 16.7 Å². The summed E-state index contributed by atoms with van der Waals surface area (Å²) in [6.45, 7) is 4.47. The third-order valence-corrected chi connectivity index (χ3v) is 8.84. The third-order valence-electron chi connectivity index (χ3n) is 5.43. The van der Waals surface area contributed by atoms with Gasteiger partial charge in [0.15, 0.2) is 0 Å². The van der Waals surface area contributed by atoms with Crippen LogP contribution in [0.2, 0.25) is 5.02 Å². The zero-order valence-corrected chi connectivity index (χ0v) is 21.1. The lowest BCUT2D eigenvalue weighted by molar-refractivity contribution is 0.0702. The number of aromatic carboxylic acids is 1. The molecule has 0 unspecified atom stereocenters.